The lowest BCUT2D eigenvalue weighted by Crippen LogP contribution is -2.06. The van der Waals surface area contributed by atoms with E-state index < -0.39 is 0 Å². The normalized spacial score (nSPS) is 10.5. The molecule has 17 heavy (non-hydrogen) atoms. The van der Waals surface area contributed by atoms with Gasteiger partial charge in [-0.3, -0.25) is 4.68 Å². The molecule has 0 spiro atoms. The molecule has 0 amide bonds. The van der Waals surface area contributed by atoms with Crippen LogP contribution < -0.4 is 10.5 Å². The highest BCUT2D eigenvalue weighted by Crippen LogP contribution is 2.27. The Labute approximate surface area is 100 Å². The second-order valence-corrected chi connectivity index (χ2v) is 3.71. The summed E-state index contributed by atoms with van der Waals surface area (Å²) >= 11 is 0. The zero-order chi connectivity index (χ0) is 12.1. The van der Waals surface area contributed by atoms with Gasteiger partial charge >= 0.3 is 0 Å². The summed E-state index contributed by atoms with van der Waals surface area (Å²) in [5.74, 6) is 0.804. The molecule has 0 aliphatic rings. The van der Waals surface area contributed by atoms with Crippen LogP contribution in [0.1, 0.15) is 6.42 Å². The highest BCUT2D eigenvalue weighted by atomic mass is 16.5. The first-order valence-corrected chi connectivity index (χ1v) is 5.58. The van der Waals surface area contributed by atoms with Gasteiger partial charge < -0.3 is 10.5 Å². The number of nitrogens with two attached hydrogens (primary N) is 1. The summed E-state index contributed by atoms with van der Waals surface area (Å²) in [6, 6.07) is 7.77. The standard InChI is InChI=1S/C12H16N4O/c1-17-12-6-3-2-5-10(12)11-9-16(15-14-11)8-4-7-13/h2-3,5-6,9H,4,7-8,13H2,1H3. The number of hydrogen-bond acceptors (Lipinski definition) is 4. The molecule has 1 aromatic heterocycles. The van der Waals surface area contributed by atoms with Crippen LogP contribution in [0.25, 0.3) is 11.3 Å². The summed E-state index contributed by atoms with van der Waals surface area (Å²) in [7, 11) is 1.65. The fourth-order valence-corrected chi connectivity index (χ4v) is 1.64. The van der Waals surface area contributed by atoms with Crippen molar-refractivity contribution in [3.63, 3.8) is 0 Å². The van der Waals surface area contributed by atoms with Crippen molar-refractivity contribution in [1.82, 2.24) is 15.0 Å². The van der Waals surface area contributed by atoms with E-state index in [4.69, 9.17) is 10.5 Å². The van der Waals surface area contributed by atoms with Gasteiger partial charge in [-0.2, -0.15) is 0 Å². The summed E-state index contributed by atoms with van der Waals surface area (Å²) in [5, 5.41) is 8.20. The van der Waals surface area contributed by atoms with E-state index in [1.807, 2.05) is 30.5 Å². The first-order valence-electron chi connectivity index (χ1n) is 5.58. The predicted octanol–water partition coefficient (Wildman–Crippen LogP) is 1.30. The Balaban J connectivity index is 2.24. The van der Waals surface area contributed by atoms with Gasteiger partial charge in [0.2, 0.25) is 0 Å². The molecule has 0 saturated carbocycles. The van der Waals surface area contributed by atoms with Gasteiger partial charge in [0.1, 0.15) is 11.4 Å². The maximum atomic E-state index is 5.46. The van der Waals surface area contributed by atoms with E-state index in [2.05, 4.69) is 10.3 Å². The van der Waals surface area contributed by atoms with Crippen molar-refractivity contribution in [2.24, 2.45) is 5.73 Å². The lowest BCUT2D eigenvalue weighted by molar-refractivity contribution is 0.416. The third kappa shape index (κ3) is 2.62. The molecule has 0 radical (unpaired) electrons. The Kier molecular flexibility index (Phi) is 3.72. The van der Waals surface area contributed by atoms with Gasteiger partial charge in [0.05, 0.1) is 13.3 Å². The van der Waals surface area contributed by atoms with Gasteiger partial charge in [-0.1, -0.05) is 17.3 Å². The number of methoxy groups -OCH3 is 1. The van der Waals surface area contributed by atoms with Gasteiger partial charge in [0.25, 0.3) is 0 Å². The van der Waals surface area contributed by atoms with Crippen LogP contribution in [0.15, 0.2) is 30.5 Å². The van der Waals surface area contributed by atoms with E-state index in [0.29, 0.717) is 6.54 Å². The number of benzene rings is 1. The number of aryl methyl sites for hydroxylation is 1. The SMILES string of the molecule is COc1ccccc1-c1cn(CCCN)nn1. The Morgan fingerprint density at radius 1 is 1.35 bits per heavy atom. The van der Waals surface area contributed by atoms with Crippen LogP contribution in [0, 0.1) is 0 Å². The molecule has 90 valence electrons. The lowest BCUT2D eigenvalue weighted by atomic mass is 10.1. The minimum absolute atomic E-state index is 0.657. The molecule has 5 nitrogen and oxygen atoms in total. The number of rotatable bonds is 5. The maximum absolute atomic E-state index is 5.46. The molecule has 0 unspecified atom stereocenters. The lowest BCUT2D eigenvalue weighted by Gasteiger charge is -2.04. The predicted molar refractivity (Wildman–Crippen MR) is 65.7 cm³/mol. The van der Waals surface area contributed by atoms with Crippen molar-refractivity contribution in [1.29, 1.82) is 0 Å². The van der Waals surface area contributed by atoms with Gasteiger partial charge in [-0.05, 0) is 25.1 Å². The molecule has 0 aliphatic carbocycles. The Morgan fingerprint density at radius 2 is 2.18 bits per heavy atom. The van der Waals surface area contributed by atoms with Crippen LogP contribution in [-0.4, -0.2) is 28.6 Å². The molecule has 0 atom stereocenters. The summed E-state index contributed by atoms with van der Waals surface area (Å²) in [6.45, 7) is 1.45. The van der Waals surface area contributed by atoms with Crippen LogP contribution in [0.5, 0.6) is 5.75 Å². The van der Waals surface area contributed by atoms with Crippen molar-refractivity contribution in [2.75, 3.05) is 13.7 Å². The van der Waals surface area contributed by atoms with Gasteiger partial charge in [-0.15, -0.1) is 5.10 Å². The molecule has 2 N–H and O–H groups in total. The topological polar surface area (TPSA) is 66.0 Å². The summed E-state index contributed by atoms with van der Waals surface area (Å²) in [6.07, 6.45) is 2.81. The van der Waals surface area contributed by atoms with Crippen molar-refractivity contribution in [3.8, 4) is 17.0 Å². The average molecular weight is 232 g/mol. The van der Waals surface area contributed by atoms with E-state index in [9.17, 15) is 0 Å². The van der Waals surface area contributed by atoms with E-state index in [0.717, 1.165) is 30.0 Å². The summed E-state index contributed by atoms with van der Waals surface area (Å²) in [5.41, 5.74) is 7.23. The fraction of sp³-hybridized carbons (Fsp3) is 0.333. The molecule has 0 aliphatic heterocycles. The number of ether oxygens (including phenoxy) is 1. The number of nitrogens with zero attached hydrogens (tertiary/aromatic N) is 3. The zero-order valence-corrected chi connectivity index (χ0v) is 9.84. The van der Waals surface area contributed by atoms with Gasteiger partial charge in [-0.25, -0.2) is 0 Å². The van der Waals surface area contributed by atoms with Crippen LogP contribution >= 0.6 is 0 Å². The van der Waals surface area contributed by atoms with Crippen molar-refractivity contribution < 1.29 is 4.74 Å². The Hall–Kier alpha value is -1.88. The molecule has 1 aromatic carbocycles. The third-order valence-electron chi connectivity index (χ3n) is 2.51. The fourth-order valence-electron chi connectivity index (χ4n) is 1.64. The largest absolute Gasteiger partial charge is 0.496 e. The van der Waals surface area contributed by atoms with Crippen LogP contribution in [0.3, 0.4) is 0 Å². The summed E-state index contributed by atoms with van der Waals surface area (Å²) < 4.78 is 7.09. The molecule has 5 heteroatoms. The van der Waals surface area contributed by atoms with Crippen LogP contribution in [-0.2, 0) is 6.54 Å². The Morgan fingerprint density at radius 3 is 2.94 bits per heavy atom. The van der Waals surface area contributed by atoms with E-state index in [1.54, 1.807) is 11.8 Å². The van der Waals surface area contributed by atoms with Crippen molar-refractivity contribution in [3.05, 3.63) is 30.5 Å². The molecule has 0 saturated heterocycles. The highest BCUT2D eigenvalue weighted by Gasteiger charge is 2.08. The number of para-hydroxylation sites is 1. The molecule has 0 bridgehead atoms. The second-order valence-electron chi connectivity index (χ2n) is 3.71. The molecule has 0 fully saturated rings. The Bertz CT molecular complexity index is 481. The average Bonchev–Trinajstić information content (AvgIpc) is 2.85. The quantitative estimate of drug-likeness (QED) is 0.844. The number of hydrogen-bond donors (Lipinski definition) is 1. The third-order valence-corrected chi connectivity index (χ3v) is 2.51. The van der Waals surface area contributed by atoms with E-state index in [-0.39, 0.29) is 0 Å². The zero-order valence-electron chi connectivity index (χ0n) is 9.84. The second kappa shape index (κ2) is 5.45. The highest BCUT2D eigenvalue weighted by molar-refractivity contribution is 5.65. The molecule has 1 heterocycles. The van der Waals surface area contributed by atoms with Gasteiger partial charge in [0, 0.05) is 12.1 Å². The minimum atomic E-state index is 0.657. The monoisotopic (exact) mass is 232 g/mol. The van der Waals surface area contributed by atoms with Crippen LogP contribution in [0.2, 0.25) is 0 Å². The van der Waals surface area contributed by atoms with Crippen LogP contribution in [0.4, 0.5) is 0 Å². The minimum Gasteiger partial charge on any atom is -0.496 e. The summed E-state index contributed by atoms with van der Waals surface area (Å²) in [4.78, 5) is 0. The molecular formula is C12H16N4O. The molecule has 2 aromatic rings. The molecular weight excluding hydrogens is 216 g/mol. The van der Waals surface area contributed by atoms with Crippen molar-refractivity contribution in [2.45, 2.75) is 13.0 Å². The first-order chi connectivity index (χ1) is 8.35. The molecule has 2 rings (SSSR count). The van der Waals surface area contributed by atoms with E-state index in [1.165, 1.54) is 0 Å². The first kappa shape index (κ1) is 11.6. The number of aromatic nitrogens is 3. The van der Waals surface area contributed by atoms with Crippen molar-refractivity contribution >= 4 is 0 Å². The van der Waals surface area contributed by atoms with Gasteiger partial charge in [0.15, 0.2) is 0 Å². The van der Waals surface area contributed by atoms with E-state index >= 15 is 0 Å². The maximum Gasteiger partial charge on any atom is 0.128 e. The smallest absolute Gasteiger partial charge is 0.128 e.